The van der Waals surface area contributed by atoms with E-state index in [9.17, 15) is 19.8 Å². The van der Waals surface area contributed by atoms with Crippen LogP contribution in [0.2, 0.25) is 10.1 Å². The van der Waals surface area contributed by atoms with Crippen LogP contribution in [0, 0.1) is 12.8 Å². The zero-order valence-corrected chi connectivity index (χ0v) is 27.7. The summed E-state index contributed by atoms with van der Waals surface area (Å²) >= 11 is 0. The lowest BCUT2D eigenvalue weighted by atomic mass is 9.80. The van der Waals surface area contributed by atoms with Crippen molar-refractivity contribution in [1.82, 2.24) is 0 Å². The number of ether oxygens (including phenoxy) is 4. The fourth-order valence-electron chi connectivity index (χ4n) is 8.43. The number of aryl methyl sites for hydroxylation is 1. The molecule has 5 aliphatic rings. The molecule has 3 fully saturated rings. The molecule has 44 heavy (non-hydrogen) atoms. The Bertz CT molecular complexity index is 1600. The maximum Gasteiger partial charge on any atom is 0.471 e. The molecule has 2 bridgehead atoms. The number of epoxide rings is 1. The molecule has 4 aliphatic heterocycles. The minimum Gasteiger partial charge on any atom is -0.510 e. The molecule has 0 radical (unpaired) electrons. The Hall–Kier alpha value is -2.54. The predicted octanol–water partition coefficient (Wildman–Crippen LogP) is 4.59. The fraction of sp³-hybridized carbons (Fsp3) is 0.636. The maximum absolute atomic E-state index is 13.9. The summed E-state index contributed by atoms with van der Waals surface area (Å²) in [5.74, 6) is -1.14. The Labute approximate surface area is 258 Å². The normalized spacial score (nSPS) is 30.2. The fourth-order valence-corrected chi connectivity index (χ4v) is 12.9. The van der Waals surface area contributed by atoms with E-state index < -0.39 is 61.4 Å². The van der Waals surface area contributed by atoms with Gasteiger partial charge < -0.3 is 38.0 Å². The third-order valence-electron chi connectivity index (χ3n) is 10.4. The molecule has 1 aliphatic carbocycles. The van der Waals surface area contributed by atoms with Gasteiger partial charge in [-0.25, -0.2) is 0 Å². The van der Waals surface area contributed by atoms with Crippen molar-refractivity contribution in [3.8, 4) is 17.2 Å². The number of aliphatic hydroxyl groups excluding tert-OH is 2. The number of aliphatic hydroxyl groups is 2. The predicted molar refractivity (Wildman–Crippen MR) is 162 cm³/mol. The number of carbonyl (C=O) groups excluding carboxylic acids is 2. The smallest absolute Gasteiger partial charge is 0.471 e. The molecule has 238 valence electrons. The van der Waals surface area contributed by atoms with Crippen molar-refractivity contribution in [3.63, 3.8) is 0 Å². The molecule has 4 heterocycles. The second-order valence-corrected chi connectivity index (χ2v) is 19.6. The maximum atomic E-state index is 13.9. The quantitative estimate of drug-likeness (QED) is 0.359. The van der Waals surface area contributed by atoms with Gasteiger partial charge in [-0.3, -0.25) is 9.59 Å². The molecule has 10 nitrogen and oxygen atoms in total. The molecule has 2 aromatic rings. The zero-order valence-electron chi connectivity index (χ0n) is 26.7. The first kappa shape index (κ1) is 30.1. The molecule has 2 N–H and O–H groups in total. The molecule has 3 saturated heterocycles. The summed E-state index contributed by atoms with van der Waals surface area (Å²) in [6.07, 6.45) is -0.113. The Morgan fingerprint density at radius 1 is 1.00 bits per heavy atom. The van der Waals surface area contributed by atoms with E-state index in [0.29, 0.717) is 46.6 Å². The van der Waals surface area contributed by atoms with E-state index >= 15 is 0 Å². The van der Waals surface area contributed by atoms with Crippen LogP contribution in [0.25, 0.3) is 10.8 Å². The van der Waals surface area contributed by atoms with Crippen molar-refractivity contribution in [1.29, 1.82) is 0 Å². The monoisotopic (exact) mass is 626 g/mol. The van der Waals surface area contributed by atoms with Crippen LogP contribution in [-0.2, 0) is 25.4 Å². The van der Waals surface area contributed by atoms with Crippen molar-refractivity contribution in [2.24, 2.45) is 5.92 Å². The van der Waals surface area contributed by atoms with Crippen LogP contribution >= 0.6 is 0 Å². The van der Waals surface area contributed by atoms with Gasteiger partial charge in [0.2, 0.25) is 17.2 Å². The number of methoxy groups -OCH3 is 1. The molecule has 0 aromatic heterocycles. The molecule has 2 aromatic carbocycles. The van der Waals surface area contributed by atoms with Crippen LogP contribution in [0.4, 0.5) is 0 Å². The summed E-state index contributed by atoms with van der Waals surface area (Å²) in [4.78, 5) is 27.6. The lowest BCUT2D eigenvalue weighted by Gasteiger charge is -2.51. The SMILES string of the molecule is COc1c2c(c3c4c(c(C5OC6(C(CO)CO)OC5C(=O)[C@@]65CO5)c(C)cc14)O[Si](C(C)(C)C)(C(C)(C)C)O3)C(=O)CCC2. The third-order valence-corrected chi connectivity index (χ3v) is 15.3. The summed E-state index contributed by atoms with van der Waals surface area (Å²) in [6.45, 7) is 13.8. The third kappa shape index (κ3) is 3.48. The van der Waals surface area contributed by atoms with E-state index in [1.165, 1.54) is 0 Å². The van der Waals surface area contributed by atoms with Crippen molar-refractivity contribution >= 4 is 30.9 Å². The molecule has 0 amide bonds. The average Bonchev–Trinajstić information content (AvgIpc) is 3.61. The Morgan fingerprint density at radius 2 is 1.61 bits per heavy atom. The molecule has 3 unspecified atom stereocenters. The van der Waals surface area contributed by atoms with E-state index in [-0.39, 0.29) is 18.2 Å². The Morgan fingerprint density at radius 3 is 2.18 bits per heavy atom. The minimum absolute atomic E-state index is 0.0114. The number of rotatable bonds is 5. The van der Waals surface area contributed by atoms with Crippen molar-refractivity contribution in [2.75, 3.05) is 26.9 Å². The highest BCUT2D eigenvalue weighted by Gasteiger charge is 2.83. The first-order valence-corrected chi connectivity index (χ1v) is 17.3. The van der Waals surface area contributed by atoms with E-state index in [4.69, 9.17) is 27.8 Å². The molecule has 7 rings (SSSR count). The first-order valence-electron chi connectivity index (χ1n) is 15.5. The van der Waals surface area contributed by atoms with Crippen LogP contribution in [0.15, 0.2) is 6.07 Å². The zero-order chi connectivity index (χ0) is 31.8. The van der Waals surface area contributed by atoms with E-state index in [0.717, 1.165) is 22.9 Å². The van der Waals surface area contributed by atoms with Crippen molar-refractivity contribution < 1.29 is 47.6 Å². The molecule has 11 heteroatoms. The number of ketones is 2. The topological polar surface area (TPSA) is 133 Å². The summed E-state index contributed by atoms with van der Waals surface area (Å²) in [6, 6.07) is 1.98. The highest BCUT2D eigenvalue weighted by atomic mass is 28.4. The van der Waals surface area contributed by atoms with Gasteiger partial charge in [0.05, 0.1) is 43.8 Å². The molecular formula is C33H42O10Si. The largest absolute Gasteiger partial charge is 0.510 e. The standard InChI is InChI=1S/C33H42O10Si/c1-16-12-19-23-25(21(16)27-28-29(37)32(15-39-32)33(40-27,41-28)17(13-34)14-35)42-44(30(2,3)4,31(5,6)7)43-26(23)22-18(24(19)38-8)10-9-11-20(22)36/h12,17,27-28,34-35H,9-11,13-15H2,1-8H3/t27?,28?,32-,33?/m0/s1. The summed E-state index contributed by atoms with van der Waals surface area (Å²) in [5.41, 5.74) is 1.47. The number of Topliss-reactive ketones (excluding diaryl/α,β-unsaturated/α-hetero) is 2. The van der Waals surface area contributed by atoms with E-state index in [1.54, 1.807) is 7.11 Å². The van der Waals surface area contributed by atoms with Gasteiger partial charge in [-0.15, -0.1) is 0 Å². The minimum atomic E-state index is -3.32. The lowest BCUT2D eigenvalue weighted by molar-refractivity contribution is -0.239. The summed E-state index contributed by atoms with van der Waals surface area (Å²) in [7, 11) is -1.71. The van der Waals surface area contributed by atoms with E-state index in [2.05, 4.69) is 41.5 Å². The van der Waals surface area contributed by atoms with Gasteiger partial charge in [-0.05, 0) is 31.4 Å². The van der Waals surface area contributed by atoms with Crippen LogP contribution in [0.1, 0.15) is 87.5 Å². The number of fused-ring (bicyclic) bond motifs is 5. The van der Waals surface area contributed by atoms with Crippen molar-refractivity contribution in [2.45, 2.75) is 101 Å². The molecular weight excluding hydrogens is 584 g/mol. The highest BCUT2D eigenvalue weighted by Crippen LogP contribution is 2.65. The number of carbonyl (C=O) groups is 2. The number of hydrogen-bond acceptors (Lipinski definition) is 10. The van der Waals surface area contributed by atoms with Crippen LogP contribution in [-0.4, -0.2) is 74.8 Å². The van der Waals surface area contributed by atoms with Gasteiger partial charge >= 0.3 is 8.56 Å². The van der Waals surface area contributed by atoms with Crippen LogP contribution in [0.3, 0.4) is 0 Å². The average molecular weight is 627 g/mol. The Kier molecular flexibility index (Phi) is 6.34. The van der Waals surface area contributed by atoms with Gasteiger partial charge in [-0.2, -0.15) is 0 Å². The Balaban J connectivity index is 1.55. The lowest BCUT2D eigenvalue weighted by Crippen LogP contribution is -2.63. The molecule has 1 spiro atoms. The molecule has 0 saturated carbocycles. The number of hydrogen-bond donors (Lipinski definition) is 2. The highest BCUT2D eigenvalue weighted by molar-refractivity contribution is 6.75. The second kappa shape index (κ2) is 9.26. The second-order valence-electron chi connectivity index (χ2n) is 15.0. The first-order chi connectivity index (χ1) is 20.6. The van der Waals surface area contributed by atoms with Crippen LogP contribution in [0.5, 0.6) is 17.2 Å². The van der Waals surface area contributed by atoms with Crippen LogP contribution < -0.4 is 13.6 Å². The van der Waals surface area contributed by atoms with E-state index in [1.807, 2.05) is 13.0 Å². The van der Waals surface area contributed by atoms with Gasteiger partial charge in [-0.1, -0.05) is 41.5 Å². The van der Waals surface area contributed by atoms with Gasteiger partial charge in [0.15, 0.2) is 11.9 Å². The van der Waals surface area contributed by atoms with Crippen molar-refractivity contribution in [3.05, 3.63) is 28.3 Å². The summed E-state index contributed by atoms with van der Waals surface area (Å²) < 4.78 is 39.2. The summed E-state index contributed by atoms with van der Waals surface area (Å²) in [5, 5.41) is 20.9. The van der Waals surface area contributed by atoms with Gasteiger partial charge in [0, 0.05) is 33.0 Å². The number of benzene rings is 2. The van der Waals surface area contributed by atoms with Gasteiger partial charge in [0.1, 0.15) is 23.4 Å². The van der Waals surface area contributed by atoms with Gasteiger partial charge in [0.25, 0.3) is 0 Å². The molecule has 4 atom stereocenters.